The number of hydrogen-bond acceptors (Lipinski definition) is 8. The number of ether oxygens (including phenoxy) is 4. The molecule has 3 N–H and O–H groups in total. The number of rotatable bonds is 6. The molecule has 2 amide bonds. The number of carbonyl (C=O) groups is 2. The largest absolute Gasteiger partial charge is 0.495 e. The lowest BCUT2D eigenvalue weighted by atomic mass is 9.86. The highest BCUT2D eigenvalue weighted by atomic mass is 16.5. The van der Waals surface area contributed by atoms with Crippen LogP contribution in [0.5, 0.6) is 5.75 Å². The van der Waals surface area contributed by atoms with Gasteiger partial charge < -0.3 is 30.0 Å². The average molecular weight is 537 g/mol. The van der Waals surface area contributed by atoms with Crippen LogP contribution in [-0.2, 0) is 19.0 Å². The van der Waals surface area contributed by atoms with E-state index in [1.165, 1.54) is 4.90 Å². The number of terminal acetylenes is 1. The molecule has 0 radical (unpaired) electrons. The molecule has 208 valence electrons. The third kappa shape index (κ3) is 5.37. The molecule has 0 aromatic heterocycles. The molecule has 0 fully saturated rings. The van der Waals surface area contributed by atoms with Crippen LogP contribution in [0.1, 0.15) is 56.1 Å². The maximum Gasteiger partial charge on any atom is 0.251 e. The molecule has 1 aromatic carbocycles. The molecule has 10 nitrogen and oxygen atoms in total. The van der Waals surface area contributed by atoms with Crippen LogP contribution in [0.25, 0.3) is 0 Å². The van der Waals surface area contributed by atoms with E-state index in [2.05, 4.69) is 16.2 Å². The number of nitrogens with zero attached hydrogens (tertiary/aromatic N) is 2. The van der Waals surface area contributed by atoms with Gasteiger partial charge in [0, 0.05) is 30.9 Å². The Morgan fingerprint density at radius 2 is 2.05 bits per heavy atom. The van der Waals surface area contributed by atoms with Crippen molar-refractivity contribution < 1.29 is 28.5 Å². The van der Waals surface area contributed by atoms with Crippen LogP contribution in [0.15, 0.2) is 46.7 Å². The Morgan fingerprint density at radius 1 is 1.31 bits per heavy atom. The SMILES string of the molecule is C#C/C=C\C1=C(C)OC[C@@](C)(OC)[C@@H]1NC(=O)c1ccc2c(c1)C(N1C(=O)CC(C)(C)N=C1N)C(OC)CO2. The summed E-state index contributed by atoms with van der Waals surface area (Å²) < 4.78 is 23.2. The second-order valence-corrected chi connectivity index (χ2v) is 10.7. The highest BCUT2D eigenvalue weighted by molar-refractivity contribution is 6.00. The minimum Gasteiger partial charge on any atom is -0.495 e. The average Bonchev–Trinajstić information content (AvgIpc) is 2.89. The maximum absolute atomic E-state index is 13.7. The molecule has 1 aromatic rings. The number of benzene rings is 1. The zero-order valence-corrected chi connectivity index (χ0v) is 23.2. The predicted octanol–water partition coefficient (Wildman–Crippen LogP) is 2.46. The number of hydrogen-bond donors (Lipinski definition) is 2. The summed E-state index contributed by atoms with van der Waals surface area (Å²) >= 11 is 0. The molecular formula is C29H36N4O6. The number of amides is 2. The number of aliphatic imine (C=N–C) groups is 1. The molecule has 3 aliphatic rings. The van der Waals surface area contributed by atoms with E-state index in [1.54, 1.807) is 44.6 Å². The van der Waals surface area contributed by atoms with E-state index in [0.717, 1.165) is 0 Å². The Morgan fingerprint density at radius 3 is 2.69 bits per heavy atom. The zero-order chi connectivity index (χ0) is 28.5. The van der Waals surface area contributed by atoms with Crippen molar-refractivity contribution in [2.75, 3.05) is 27.4 Å². The Labute approximate surface area is 229 Å². The van der Waals surface area contributed by atoms with Crippen LogP contribution in [0, 0.1) is 12.3 Å². The molecule has 0 spiro atoms. The van der Waals surface area contributed by atoms with Crippen molar-refractivity contribution in [3.05, 3.63) is 52.8 Å². The minimum atomic E-state index is -0.845. The second kappa shape index (κ2) is 10.8. The van der Waals surface area contributed by atoms with Gasteiger partial charge in [-0.3, -0.25) is 14.5 Å². The van der Waals surface area contributed by atoms with Gasteiger partial charge in [-0.1, -0.05) is 5.92 Å². The number of guanidine groups is 1. The van der Waals surface area contributed by atoms with E-state index in [0.29, 0.717) is 28.2 Å². The minimum absolute atomic E-state index is 0.106. The van der Waals surface area contributed by atoms with Gasteiger partial charge in [-0.25, -0.2) is 4.99 Å². The molecule has 3 heterocycles. The van der Waals surface area contributed by atoms with Gasteiger partial charge in [0.2, 0.25) is 5.91 Å². The van der Waals surface area contributed by atoms with Crippen LogP contribution in [0.3, 0.4) is 0 Å². The third-order valence-corrected chi connectivity index (χ3v) is 7.45. The van der Waals surface area contributed by atoms with Gasteiger partial charge in [0.05, 0.1) is 29.8 Å². The lowest BCUT2D eigenvalue weighted by Gasteiger charge is -2.43. The van der Waals surface area contributed by atoms with E-state index in [1.807, 2.05) is 27.7 Å². The monoisotopic (exact) mass is 536 g/mol. The predicted molar refractivity (Wildman–Crippen MR) is 146 cm³/mol. The van der Waals surface area contributed by atoms with Crippen molar-refractivity contribution in [2.24, 2.45) is 10.7 Å². The number of nitrogens with one attached hydrogen (secondary N) is 1. The molecule has 0 bridgehead atoms. The van der Waals surface area contributed by atoms with Crippen molar-refractivity contribution in [3.8, 4) is 18.1 Å². The summed E-state index contributed by atoms with van der Waals surface area (Å²) in [7, 11) is 3.12. The van der Waals surface area contributed by atoms with Crippen molar-refractivity contribution in [2.45, 2.75) is 63.4 Å². The molecule has 39 heavy (non-hydrogen) atoms. The zero-order valence-electron chi connectivity index (χ0n) is 23.2. The molecule has 2 unspecified atom stereocenters. The van der Waals surface area contributed by atoms with Crippen LogP contribution in [0.4, 0.5) is 0 Å². The summed E-state index contributed by atoms with van der Waals surface area (Å²) in [6, 6.07) is 3.93. The molecule has 0 saturated carbocycles. The Kier molecular flexibility index (Phi) is 7.77. The van der Waals surface area contributed by atoms with Crippen LogP contribution in [-0.4, -0.2) is 73.4 Å². The number of methoxy groups -OCH3 is 2. The summed E-state index contributed by atoms with van der Waals surface area (Å²) in [4.78, 5) is 32.9. The first-order valence-corrected chi connectivity index (χ1v) is 12.7. The molecule has 10 heteroatoms. The van der Waals surface area contributed by atoms with Crippen molar-refractivity contribution in [3.63, 3.8) is 0 Å². The maximum atomic E-state index is 13.7. The Bertz CT molecular complexity index is 1290. The number of nitrogens with two attached hydrogens (primary N) is 1. The van der Waals surface area contributed by atoms with Crippen LogP contribution < -0.4 is 15.8 Å². The standard InChI is InChI=1S/C29H36N4O6/c1-8-9-10-19-17(2)39-16-29(5,37-7)25(19)31-26(35)18-11-12-21-20(13-18)24(22(36-6)15-38-21)33-23(34)14-28(3,4)32-27(33)30/h1,9-13,22,24-25H,14-16H2,2-7H3,(H2,30,32)(H,31,35)/b10-9-/t22?,24?,25-,29-/m1/s1. The van der Waals surface area contributed by atoms with Gasteiger partial charge in [0.25, 0.3) is 5.91 Å². The third-order valence-electron chi connectivity index (χ3n) is 7.45. The highest BCUT2D eigenvalue weighted by Crippen LogP contribution is 2.40. The lowest BCUT2D eigenvalue weighted by molar-refractivity contribution is -0.134. The number of fused-ring (bicyclic) bond motifs is 1. The smallest absolute Gasteiger partial charge is 0.251 e. The van der Waals surface area contributed by atoms with Gasteiger partial charge in [-0.2, -0.15) is 0 Å². The molecule has 4 rings (SSSR count). The first kappa shape index (κ1) is 28.2. The Hall–Kier alpha value is -3.81. The van der Waals surface area contributed by atoms with Crippen molar-refractivity contribution >= 4 is 17.8 Å². The Balaban J connectivity index is 1.72. The second-order valence-electron chi connectivity index (χ2n) is 10.7. The number of carbonyl (C=O) groups excluding carboxylic acids is 2. The van der Waals surface area contributed by atoms with Crippen molar-refractivity contribution in [1.29, 1.82) is 0 Å². The molecular weight excluding hydrogens is 500 g/mol. The fourth-order valence-electron chi connectivity index (χ4n) is 5.23. The van der Waals surface area contributed by atoms with Gasteiger partial charge in [0.1, 0.15) is 30.7 Å². The summed E-state index contributed by atoms with van der Waals surface area (Å²) in [6.45, 7) is 7.85. The normalized spacial score (nSPS) is 28.2. The summed E-state index contributed by atoms with van der Waals surface area (Å²) in [5.41, 5.74) is 6.54. The van der Waals surface area contributed by atoms with Gasteiger partial charge in [0.15, 0.2) is 5.96 Å². The highest BCUT2D eigenvalue weighted by Gasteiger charge is 2.45. The molecule has 4 atom stereocenters. The summed E-state index contributed by atoms with van der Waals surface area (Å²) in [5, 5.41) is 3.10. The van der Waals surface area contributed by atoms with E-state index in [4.69, 9.17) is 31.1 Å². The van der Waals surface area contributed by atoms with Gasteiger partial charge >= 0.3 is 0 Å². The summed E-state index contributed by atoms with van der Waals surface area (Å²) in [5.74, 6) is 3.24. The fraction of sp³-hybridized carbons (Fsp3) is 0.483. The lowest BCUT2D eigenvalue weighted by Crippen LogP contribution is -2.57. The van der Waals surface area contributed by atoms with E-state index in [-0.39, 0.29) is 37.4 Å². The van der Waals surface area contributed by atoms with Gasteiger partial charge in [-0.05, 0) is 58.0 Å². The van der Waals surface area contributed by atoms with E-state index < -0.39 is 29.3 Å². The van der Waals surface area contributed by atoms with Crippen molar-refractivity contribution in [1.82, 2.24) is 10.2 Å². The van der Waals surface area contributed by atoms with E-state index in [9.17, 15) is 9.59 Å². The van der Waals surface area contributed by atoms with Crippen LogP contribution in [0.2, 0.25) is 0 Å². The number of allylic oxidation sites excluding steroid dienone is 2. The van der Waals surface area contributed by atoms with Gasteiger partial charge in [-0.15, -0.1) is 6.42 Å². The van der Waals surface area contributed by atoms with E-state index >= 15 is 0 Å². The first-order valence-electron chi connectivity index (χ1n) is 12.7. The molecule has 3 aliphatic heterocycles. The summed E-state index contributed by atoms with van der Waals surface area (Å²) in [6.07, 6.45) is 8.40. The fourth-order valence-corrected chi connectivity index (χ4v) is 5.23. The molecule has 0 aliphatic carbocycles. The quantitative estimate of drug-likeness (QED) is 0.535. The first-order chi connectivity index (χ1) is 18.4. The van der Waals surface area contributed by atoms with Crippen LogP contribution >= 0.6 is 0 Å². The topological polar surface area (TPSA) is 125 Å². The molecule has 0 saturated heterocycles.